The van der Waals surface area contributed by atoms with Crippen molar-refractivity contribution in [1.82, 2.24) is 10.2 Å². The molecule has 1 aromatic carbocycles. The topological polar surface area (TPSA) is 27.3 Å². The highest BCUT2D eigenvalue weighted by Gasteiger charge is 2.29. The van der Waals surface area contributed by atoms with Crippen LogP contribution in [0.3, 0.4) is 0 Å². The van der Waals surface area contributed by atoms with Crippen molar-refractivity contribution in [3.05, 3.63) is 29.8 Å². The first-order valence-electron chi connectivity index (χ1n) is 8.68. The summed E-state index contributed by atoms with van der Waals surface area (Å²) in [6.45, 7) is 8.67. The molecule has 1 saturated heterocycles. The van der Waals surface area contributed by atoms with Gasteiger partial charge in [-0.15, -0.1) is 0 Å². The van der Waals surface area contributed by atoms with Crippen LogP contribution in [0, 0.1) is 11.8 Å². The zero-order chi connectivity index (χ0) is 18.4. The number of alkyl halides is 3. The maximum absolute atomic E-state index is 12.5. The van der Waals surface area contributed by atoms with Gasteiger partial charge < -0.3 is 15.5 Å². The SMILES string of the molecule is C[C@@H]1C[C@H](C)CN(CCCNC(=S)Nc2ccc(C(F)(F)F)cc2)C1. The smallest absolute Gasteiger partial charge is 0.362 e. The lowest BCUT2D eigenvalue weighted by Gasteiger charge is -2.35. The molecular formula is C18H26F3N3S. The summed E-state index contributed by atoms with van der Waals surface area (Å²) in [5, 5.41) is 6.45. The number of likely N-dealkylation sites (tertiary alicyclic amines) is 1. The monoisotopic (exact) mass is 373 g/mol. The highest BCUT2D eigenvalue weighted by molar-refractivity contribution is 7.80. The molecule has 0 spiro atoms. The molecule has 0 bridgehead atoms. The minimum atomic E-state index is -4.32. The van der Waals surface area contributed by atoms with Crippen molar-refractivity contribution in [3.63, 3.8) is 0 Å². The molecule has 25 heavy (non-hydrogen) atoms. The van der Waals surface area contributed by atoms with Crippen molar-refractivity contribution < 1.29 is 13.2 Å². The van der Waals surface area contributed by atoms with E-state index in [9.17, 15) is 13.2 Å². The van der Waals surface area contributed by atoms with Gasteiger partial charge in [-0.25, -0.2) is 0 Å². The normalized spacial score (nSPS) is 21.8. The third kappa shape index (κ3) is 6.82. The maximum atomic E-state index is 12.5. The predicted octanol–water partition coefficient (Wildman–Crippen LogP) is 4.36. The highest BCUT2D eigenvalue weighted by atomic mass is 32.1. The Kier molecular flexibility index (Phi) is 7.07. The lowest BCUT2D eigenvalue weighted by molar-refractivity contribution is -0.137. The maximum Gasteiger partial charge on any atom is 0.416 e. The number of thiocarbonyl (C=S) groups is 1. The average Bonchev–Trinajstić information content (AvgIpc) is 2.50. The van der Waals surface area contributed by atoms with Gasteiger partial charge in [0.1, 0.15) is 0 Å². The summed E-state index contributed by atoms with van der Waals surface area (Å²) >= 11 is 5.19. The summed E-state index contributed by atoms with van der Waals surface area (Å²) in [7, 11) is 0. The van der Waals surface area contributed by atoms with Gasteiger partial charge in [0.2, 0.25) is 0 Å². The molecule has 0 aliphatic carbocycles. The second-order valence-electron chi connectivity index (χ2n) is 7.02. The quantitative estimate of drug-likeness (QED) is 0.592. The Labute approximate surface area is 153 Å². The van der Waals surface area contributed by atoms with E-state index in [1.165, 1.54) is 18.6 Å². The molecule has 2 atom stereocenters. The Hall–Kier alpha value is -1.34. The van der Waals surface area contributed by atoms with E-state index in [-0.39, 0.29) is 0 Å². The first kappa shape index (κ1) is 20.0. The molecule has 140 valence electrons. The third-order valence-electron chi connectivity index (χ3n) is 4.35. The van der Waals surface area contributed by atoms with Crippen LogP contribution in [0.1, 0.15) is 32.3 Å². The molecule has 1 aliphatic rings. The van der Waals surface area contributed by atoms with Crippen LogP contribution < -0.4 is 10.6 Å². The van der Waals surface area contributed by atoms with Crippen LogP contribution >= 0.6 is 12.2 Å². The molecule has 1 aliphatic heterocycles. The fraction of sp³-hybridized carbons (Fsp3) is 0.611. The summed E-state index contributed by atoms with van der Waals surface area (Å²) in [6.07, 6.45) is -2.04. The molecule has 7 heteroatoms. The van der Waals surface area contributed by atoms with E-state index in [0.717, 1.165) is 56.6 Å². The number of benzene rings is 1. The first-order chi connectivity index (χ1) is 11.7. The molecule has 0 unspecified atom stereocenters. The lowest BCUT2D eigenvalue weighted by atomic mass is 9.92. The van der Waals surface area contributed by atoms with E-state index in [1.807, 2.05) is 0 Å². The van der Waals surface area contributed by atoms with Gasteiger partial charge in [0.25, 0.3) is 0 Å². The van der Waals surface area contributed by atoms with Gasteiger partial charge in [0.05, 0.1) is 5.56 Å². The molecular weight excluding hydrogens is 347 g/mol. The lowest BCUT2D eigenvalue weighted by Crippen LogP contribution is -2.40. The van der Waals surface area contributed by atoms with Crippen molar-refractivity contribution in [1.29, 1.82) is 0 Å². The molecule has 3 nitrogen and oxygen atoms in total. The molecule has 0 amide bonds. The minimum Gasteiger partial charge on any atom is -0.362 e. The van der Waals surface area contributed by atoms with Gasteiger partial charge >= 0.3 is 6.18 Å². The van der Waals surface area contributed by atoms with Crippen LogP contribution in [0.25, 0.3) is 0 Å². The van der Waals surface area contributed by atoms with Crippen molar-refractivity contribution in [2.24, 2.45) is 11.8 Å². The summed E-state index contributed by atoms with van der Waals surface area (Å²) in [5.41, 5.74) is -0.119. The Morgan fingerprint density at radius 3 is 2.32 bits per heavy atom. The zero-order valence-electron chi connectivity index (χ0n) is 14.7. The van der Waals surface area contributed by atoms with Crippen LogP contribution in [0.5, 0.6) is 0 Å². The van der Waals surface area contributed by atoms with Crippen molar-refractivity contribution >= 4 is 23.0 Å². The number of halogens is 3. The van der Waals surface area contributed by atoms with Crippen molar-refractivity contribution in [2.75, 3.05) is 31.5 Å². The number of nitrogens with zero attached hydrogens (tertiary/aromatic N) is 1. The zero-order valence-corrected chi connectivity index (χ0v) is 15.5. The summed E-state index contributed by atoms with van der Waals surface area (Å²) in [4.78, 5) is 2.49. The number of rotatable bonds is 5. The minimum absolute atomic E-state index is 0.431. The molecule has 0 saturated carbocycles. The van der Waals surface area contributed by atoms with Gasteiger partial charge in [0, 0.05) is 25.3 Å². The van der Waals surface area contributed by atoms with E-state index < -0.39 is 11.7 Å². The summed E-state index contributed by atoms with van der Waals surface area (Å²) in [5.74, 6) is 1.50. The van der Waals surface area contributed by atoms with E-state index in [4.69, 9.17) is 12.2 Å². The molecule has 2 rings (SSSR count). The van der Waals surface area contributed by atoms with Crippen LogP contribution in [0.4, 0.5) is 18.9 Å². The Morgan fingerprint density at radius 2 is 1.76 bits per heavy atom. The number of piperidine rings is 1. The van der Waals surface area contributed by atoms with Gasteiger partial charge in [-0.1, -0.05) is 13.8 Å². The van der Waals surface area contributed by atoms with Crippen LogP contribution in [0.15, 0.2) is 24.3 Å². The highest BCUT2D eigenvalue weighted by Crippen LogP contribution is 2.29. The first-order valence-corrected chi connectivity index (χ1v) is 9.09. The van der Waals surface area contributed by atoms with Crippen LogP contribution in [-0.4, -0.2) is 36.2 Å². The van der Waals surface area contributed by atoms with Crippen molar-refractivity contribution in [2.45, 2.75) is 32.9 Å². The molecule has 0 radical (unpaired) electrons. The van der Waals surface area contributed by atoms with E-state index in [1.54, 1.807) is 0 Å². The van der Waals surface area contributed by atoms with Gasteiger partial charge in [0.15, 0.2) is 5.11 Å². The molecule has 2 N–H and O–H groups in total. The average molecular weight is 373 g/mol. The van der Waals surface area contributed by atoms with Crippen LogP contribution in [0.2, 0.25) is 0 Å². The second kappa shape index (κ2) is 8.85. The Balaban J connectivity index is 1.67. The summed E-state index contributed by atoms with van der Waals surface area (Å²) in [6, 6.07) is 4.86. The summed E-state index contributed by atoms with van der Waals surface area (Å²) < 4.78 is 37.6. The second-order valence-corrected chi connectivity index (χ2v) is 7.42. The van der Waals surface area contributed by atoms with Crippen molar-refractivity contribution in [3.8, 4) is 0 Å². The number of hydrogen-bond acceptors (Lipinski definition) is 2. The number of anilines is 1. The van der Waals surface area contributed by atoms with E-state index in [0.29, 0.717) is 10.8 Å². The number of hydrogen-bond donors (Lipinski definition) is 2. The standard InChI is InChI=1S/C18H26F3N3S/c1-13-10-14(2)12-24(11-13)9-3-8-22-17(25)23-16-6-4-15(5-7-16)18(19,20)21/h4-7,13-14H,3,8-12H2,1-2H3,(H2,22,23,25)/t13-,14+. The molecule has 1 aromatic rings. The van der Waals surface area contributed by atoms with E-state index in [2.05, 4.69) is 29.4 Å². The largest absolute Gasteiger partial charge is 0.416 e. The Bertz CT molecular complexity index is 550. The third-order valence-corrected chi connectivity index (χ3v) is 4.60. The van der Waals surface area contributed by atoms with Gasteiger partial charge in [-0.05, 0) is 67.7 Å². The predicted molar refractivity (Wildman–Crippen MR) is 99.7 cm³/mol. The number of nitrogens with one attached hydrogen (secondary N) is 2. The van der Waals surface area contributed by atoms with Crippen LogP contribution in [-0.2, 0) is 6.18 Å². The molecule has 0 aromatic heterocycles. The fourth-order valence-corrected chi connectivity index (χ4v) is 3.62. The fourth-order valence-electron chi connectivity index (χ4n) is 3.40. The van der Waals surface area contributed by atoms with E-state index >= 15 is 0 Å². The molecule has 1 heterocycles. The molecule has 1 fully saturated rings. The Morgan fingerprint density at radius 1 is 1.16 bits per heavy atom. The van der Waals surface area contributed by atoms with Gasteiger partial charge in [-0.2, -0.15) is 13.2 Å². The van der Waals surface area contributed by atoms with Gasteiger partial charge in [-0.3, -0.25) is 0 Å².